The van der Waals surface area contributed by atoms with Gasteiger partial charge in [0.25, 0.3) is 5.91 Å². The molecule has 0 atom stereocenters. The number of nitrogen functional groups attached to an aromatic ring is 1. The summed E-state index contributed by atoms with van der Waals surface area (Å²) in [6.07, 6.45) is 6.17. The molecule has 4 rings (SSSR count). The Hall–Kier alpha value is -3.87. The van der Waals surface area contributed by atoms with E-state index in [0.717, 1.165) is 11.1 Å². The van der Waals surface area contributed by atoms with Crippen molar-refractivity contribution in [1.82, 2.24) is 20.3 Å². The highest BCUT2D eigenvalue weighted by Crippen LogP contribution is 2.29. The Kier molecular flexibility index (Phi) is 4.63. The molecule has 0 aliphatic carbocycles. The van der Waals surface area contributed by atoms with Gasteiger partial charge in [0.2, 0.25) is 0 Å². The van der Waals surface area contributed by atoms with Crippen LogP contribution in [0.2, 0.25) is 0 Å². The quantitative estimate of drug-likeness (QED) is 0.572. The number of halogens is 1. The largest absolute Gasteiger partial charge is 0.383 e. The van der Waals surface area contributed by atoms with Crippen LogP contribution in [0.3, 0.4) is 0 Å². The highest BCUT2D eigenvalue weighted by atomic mass is 19.1. The molecule has 2 heterocycles. The van der Waals surface area contributed by atoms with Crippen LogP contribution in [0.4, 0.5) is 10.2 Å². The molecule has 4 aromatic rings. The molecule has 0 unspecified atom stereocenters. The van der Waals surface area contributed by atoms with Crippen molar-refractivity contribution in [2.24, 2.45) is 0 Å². The van der Waals surface area contributed by atoms with Crippen LogP contribution in [-0.2, 0) is 6.54 Å². The van der Waals surface area contributed by atoms with Gasteiger partial charge in [0.15, 0.2) is 0 Å². The molecular weight excluding hydrogens is 357 g/mol. The number of fused-ring (bicyclic) bond motifs is 1. The van der Waals surface area contributed by atoms with Gasteiger partial charge in [-0.3, -0.25) is 14.8 Å². The summed E-state index contributed by atoms with van der Waals surface area (Å²) in [5.74, 6) is -0.304. The van der Waals surface area contributed by atoms with Gasteiger partial charge in [0.1, 0.15) is 11.6 Å². The lowest BCUT2D eigenvalue weighted by atomic mass is 9.99. The summed E-state index contributed by atoms with van der Waals surface area (Å²) in [5.41, 5.74) is 8.59. The Morgan fingerprint density at radius 1 is 1.00 bits per heavy atom. The molecule has 0 saturated heterocycles. The molecule has 0 spiro atoms. The molecule has 0 saturated carbocycles. The van der Waals surface area contributed by atoms with Crippen molar-refractivity contribution in [3.63, 3.8) is 0 Å². The smallest absolute Gasteiger partial charge is 0.253 e. The molecule has 1 amide bonds. The molecule has 0 radical (unpaired) electrons. The number of nitrogens with two attached hydrogens (primary N) is 1. The third kappa shape index (κ3) is 3.50. The van der Waals surface area contributed by atoms with E-state index >= 15 is 0 Å². The van der Waals surface area contributed by atoms with Crippen LogP contribution < -0.4 is 11.1 Å². The number of nitrogens with zero attached hydrogens (tertiary/aromatic N) is 3. The van der Waals surface area contributed by atoms with Crippen LogP contribution in [0, 0.1) is 5.82 Å². The molecule has 28 heavy (non-hydrogen) atoms. The number of nitrogens with one attached hydrogen (secondary N) is 1. The topological polar surface area (TPSA) is 93.8 Å². The second-order valence-corrected chi connectivity index (χ2v) is 6.21. The minimum absolute atomic E-state index is 0.250. The Balaban J connectivity index is 1.68. The van der Waals surface area contributed by atoms with Gasteiger partial charge in [0, 0.05) is 24.0 Å². The molecule has 7 heteroatoms. The molecule has 3 N–H and O–H groups in total. The summed E-state index contributed by atoms with van der Waals surface area (Å²) < 4.78 is 13.5. The lowest BCUT2D eigenvalue weighted by molar-refractivity contribution is 0.0951. The minimum atomic E-state index is -0.319. The minimum Gasteiger partial charge on any atom is -0.383 e. The number of carbonyl (C=O) groups excluding carboxylic acids is 1. The average molecular weight is 373 g/mol. The van der Waals surface area contributed by atoms with Crippen LogP contribution in [0.15, 0.2) is 67.3 Å². The van der Waals surface area contributed by atoms with E-state index in [1.165, 1.54) is 18.3 Å². The fourth-order valence-corrected chi connectivity index (χ4v) is 2.98. The maximum Gasteiger partial charge on any atom is 0.253 e. The predicted octanol–water partition coefficient (Wildman–Crippen LogP) is 3.34. The molecule has 0 bridgehead atoms. The van der Waals surface area contributed by atoms with Gasteiger partial charge in [-0.25, -0.2) is 9.37 Å². The zero-order chi connectivity index (χ0) is 19.5. The van der Waals surface area contributed by atoms with Gasteiger partial charge >= 0.3 is 0 Å². The maximum atomic E-state index is 13.5. The first-order valence-electron chi connectivity index (χ1n) is 8.59. The van der Waals surface area contributed by atoms with Crippen LogP contribution >= 0.6 is 0 Å². The first kappa shape index (κ1) is 17.5. The van der Waals surface area contributed by atoms with Gasteiger partial charge in [-0.1, -0.05) is 24.3 Å². The molecule has 2 aromatic carbocycles. The maximum absolute atomic E-state index is 13.5. The number of amides is 1. The van der Waals surface area contributed by atoms with Crippen molar-refractivity contribution < 1.29 is 9.18 Å². The molecule has 0 fully saturated rings. The first-order valence-corrected chi connectivity index (χ1v) is 8.59. The monoisotopic (exact) mass is 373 g/mol. The Morgan fingerprint density at radius 2 is 1.86 bits per heavy atom. The Labute approximate surface area is 160 Å². The third-order valence-electron chi connectivity index (χ3n) is 4.37. The van der Waals surface area contributed by atoms with Crippen LogP contribution in [0.1, 0.15) is 16.1 Å². The SMILES string of the molecule is Nc1ncc(C(=O)NCc2cnccn2)c2ccc(-c3cccc(F)c3)cc12. The summed E-state index contributed by atoms with van der Waals surface area (Å²) >= 11 is 0. The van der Waals surface area contributed by atoms with Crippen molar-refractivity contribution in [3.05, 3.63) is 84.3 Å². The number of benzene rings is 2. The van der Waals surface area contributed by atoms with E-state index in [2.05, 4.69) is 20.3 Å². The molecule has 6 nitrogen and oxygen atoms in total. The van der Waals surface area contributed by atoms with Crippen molar-refractivity contribution in [2.75, 3.05) is 5.73 Å². The van der Waals surface area contributed by atoms with E-state index in [-0.39, 0.29) is 18.3 Å². The van der Waals surface area contributed by atoms with Crippen LogP contribution in [0.5, 0.6) is 0 Å². The van der Waals surface area contributed by atoms with E-state index in [1.807, 2.05) is 18.2 Å². The van der Waals surface area contributed by atoms with E-state index < -0.39 is 0 Å². The van der Waals surface area contributed by atoms with Gasteiger partial charge in [-0.2, -0.15) is 0 Å². The van der Waals surface area contributed by atoms with Gasteiger partial charge in [-0.15, -0.1) is 0 Å². The summed E-state index contributed by atoms with van der Waals surface area (Å²) in [4.78, 5) is 24.9. The van der Waals surface area contributed by atoms with E-state index in [1.54, 1.807) is 30.7 Å². The van der Waals surface area contributed by atoms with Crippen molar-refractivity contribution >= 4 is 22.5 Å². The number of hydrogen-bond acceptors (Lipinski definition) is 5. The fourth-order valence-electron chi connectivity index (χ4n) is 2.98. The zero-order valence-electron chi connectivity index (χ0n) is 14.8. The summed E-state index contributed by atoms with van der Waals surface area (Å²) in [6, 6.07) is 11.7. The lowest BCUT2D eigenvalue weighted by Crippen LogP contribution is -2.24. The summed E-state index contributed by atoms with van der Waals surface area (Å²) in [6.45, 7) is 0.250. The highest BCUT2D eigenvalue weighted by molar-refractivity contribution is 6.09. The standard InChI is InChI=1S/C21H16FN5O/c22-15-3-1-2-13(8-15)14-4-5-17-18(9-14)20(23)26-12-19(17)21(28)27-11-16-10-24-6-7-25-16/h1-10,12H,11H2,(H2,23,26)(H,27,28). The molecule has 138 valence electrons. The zero-order valence-corrected chi connectivity index (χ0v) is 14.8. The molecule has 2 aromatic heterocycles. The predicted molar refractivity (Wildman–Crippen MR) is 105 cm³/mol. The number of anilines is 1. The third-order valence-corrected chi connectivity index (χ3v) is 4.37. The number of carbonyl (C=O) groups is 1. The molecular formula is C21H16FN5O. The van der Waals surface area contributed by atoms with Crippen molar-refractivity contribution in [1.29, 1.82) is 0 Å². The Bertz CT molecular complexity index is 1160. The molecule has 0 aliphatic rings. The van der Waals surface area contributed by atoms with Gasteiger partial charge < -0.3 is 11.1 Å². The normalized spacial score (nSPS) is 10.8. The van der Waals surface area contributed by atoms with Gasteiger partial charge in [-0.05, 0) is 34.7 Å². The molecule has 0 aliphatic heterocycles. The Morgan fingerprint density at radius 3 is 2.64 bits per heavy atom. The van der Waals surface area contributed by atoms with Crippen molar-refractivity contribution in [2.45, 2.75) is 6.54 Å². The second-order valence-electron chi connectivity index (χ2n) is 6.21. The van der Waals surface area contributed by atoms with Gasteiger partial charge in [0.05, 0.1) is 24.0 Å². The number of pyridine rings is 1. The summed E-state index contributed by atoms with van der Waals surface area (Å²) in [5, 5.41) is 4.11. The summed E-state index contributed by atoms with van der Waals surface area (Å²) in [7, 11) is 0. The second kappa shape index (κ2) is 7.40. The van der Waals surface area contributed by atoms with Crippen LogP contribution in [0.25, 0.3) is 21.9 Å². The number of hydrogen-bond donors (Lipinski definition) is 2. The van der Waals surface area contributed by atoms with E-state index in [4.69, 9.17) is 5.73 Å². The number of aromatic nitrogens is 3. The first-order chi connectivity index (χ1) is 13.6. The van der Waals surface area contributed by atoms with Crippen LogP contribution in [-0.4, -0.2) is 20.9 Å². The highest BCUT2D eigenvalue weighted by Gasteiger charge is 2.14. The fraction of sp³-hybridized carbons (Fsp3) is 0.0476. The number of rotatable bonds is 4. The average Bonchev–Trinajstić information content (AvgIpc) is 2.73. The lowest BCUT2D eigenvalue weighted by Gasteiger charge is -2.11. The van der Waals surface area contributed by atoms with E-state index in [9.17, 15) is 9.18 Å². The van der Waals surface area contributed by atoms with E-state index in [0.29, 0.717) is 27.8 Å². The van der Waals surface area contributed by atoms with Crippen molar-refractivity contribution in [3.8, 4) is 11.1 Å².